The Morgan fingerprint density at radius 3 is 2.58 bits per heavy atom. The zero-order valence-electron chi connectivity index (χ0n) is 13.6. The summed E-state index contributed by atoms with van der Waals surface area (Å²) in [5.74, 6) is -0.771. The monoisotopic (exact) mass is 347 g/mol. The average Bonchev–Trinajstić information content (AvgIpc) is 2.54. The third-order valence-corrected chi connectivity index (χ3v) is 3.56. The second-order valence-electron chi connectivity index (χ2n) is 5.25. The quantitative estimate of drug-likeness (QED) is 0.834. The number of carbonyl (C=O) groups is 2. The van der Waals surface area contributed by atoms with Crippen molar-refractivity contribution < 1.29 is 19.1 Å². The summed E-state index contributed by atoms with van der Waals surface area (Å²) in [5, 5.41) is 3.08. The largest absolute Gasteiger partial charge is 0.496 e. The standard InChI is InChI=1S/C18H18ClNO4/c1-11-5-4-6-14(9-11)20-17(21)12(2)24-18(22)15-10-13(19)7-8-16(15)23-3/h4-10,12H,1-3H3,(H,20,21)/t12-/m1/s1. The summed E-state index contributed by atoms with van der Waals surface area (Å²) in [6, 6.07) is 11.9. The fourth-order valence-electron chi connectivity index (χ4n) is 2.08. The number of anilines is 1. The number of benzene rings is 2. The van der Waals surface area contributed by atoms with Crippen molar-refractivity contribution in [1.82, 2.24) is 0 Å². The van der Waals surface area contributed by atoms with Gasteiger partial charge in [-0.25, -0.2) is 4.79 Å². The molecule has 1 amide bonds. The molecule has 5 nitrogen and oxygen atoms in total. The fraction of sp³-hybridized carbons (Fsp3) is 0.222. The van der Waals surface area contributed by atoms with Crippen LogP contribution in [-0.4, -0.2) is 25.1 Å². The number of amides is 1. The first kappa shape index (κ1) is 17.8. The van der Waals surface area contributed by atoms with E-state index in [1.54, 1.807) is 18.2 Å². The molecule has 2 aromatic carbocycles. The highest BCUT2D eigenvalue weighted by Crippen LogP contribution is 2.24. The van der Waals surface area contributed by atoms with Crippen LogP contribution in [0.1, 0.15) is 22.8 Å². The Morgan fingerprint density at radius 1 is 1.17 bits per heavy atom. The Morgan fingerprint density at radius 2 is 1.92 bits per heavy atom. The molecule has 0 heterocycles. The fourth-order valence-corrected chi connectivity index (χ4v) is 2.26. The highest BCUT2D eigenvalue weighted by Gasteiger charge is 2.21. The van der Waals surface area contributed by atoms with Crippen LogP contribution in [0, 0.1) is 6.92 Å². The molecule has 0 saturated carbocycles. The number of rotatable bonds is 5. The molecule has 0 bridgehead atoms. The summed E-state index contributed by atoms with van der Waals surface area (Å²) in [6.07, 6.45) is -0.971. The third-order valence-electron chi connectivity index (χ3n) is 3.32. The zero-order chi connectivity index (χ0) is 17.7. The Hall–Kier alpha value is -2.53. The second-order valence-corrected chi connectivity index (χ2v) is 5.69. The predicted molar refractivity (Wildman–Crippen MR) is 92.7 cm³/mol. The molecule has 0 unspecified atom stereocenters. The molecule has 126 valence electrons. The molecule has 0 radical (unpaired) electrons. The van der Waals surface area contributed by atoms with Gasteiger partial charge in [0.2, 0.25) is 0 Å². The Bertz CT molecular complexity index is 760. The first-order chi connectivity index (χ1) is 11.4. The van der Waals surface area contributed by atoms with Gasteiger partial charge in [-0.3, -0.25) is 4.79 Å². The molecule has 6 heteroatoms. The normalized spacial score (nSPS) is 11.5. The van der Waals surface area contributed by atoms with Crippen LogP contribution in [0.25, 0.3) is 0 Å². The molecule has 1 N–H and O–H groups in total. The maximum Gasteiger partial charge on any atom is 0.342 e. The summed E-state index contributed by atoms with van der Waals surface area (Å²) in [6.45, 7) is 3.42. The predicted octanol–water partition coefficient (Wildman–Crippen LogP) is 3.84. The van der Waals surface area contributed by atoms with Crippen molar-refractivity contribution in [3.63, 3.8) is 0 Å². The highest BCUT2D eigenvalue weighted by atomic mass is 35.5. The molecule has 24 heavy (non-hydrogen) atoms. The first-order valence-corrected chi connectivity index (χ1v) is 7.70. The van der Waals surface area contributed by atoms with E-state index in [-0.39, 0.29) is 5.56 Å². The summed E-state index contributed by atoms with van der Waals surface area (Å²) in [7, 11) is 1.44. The summed E-state index contributed by atoms with van der Waals surface area (Å²) in [4.78, 5) is 24.4. The lowest BCUT2D eigenvalue weighted by atomic mass is 10.2. The maximum atomic E-state index is 12.3. The molecule has 0 saturated heterocycles. The molecule has 1 atom stereocenters. The molecule has 0 aromatic heterocycles. The SMILES string of the molecule is COc1ccc(Cl)cc1C(=O)O[C@H](C)C(=O)Nc1cccc(C)c1. The van der Waals surface area contributed by atoms with Crippen LogP contribution in [0.2, 0.25) is 5.02 Å². The van der Waals surface area contributed by atoms with E-state index in [0.717, 1.165) is 5.56 Å². The van der Waals surface area contributed by atoms with Gasteiger partial charge in [0.1, 0.15) is 11.3 Å². The minimum Gasteiger partial charge on any atom is -0.496 e. The third kappa shape index (κ3) is 4.49. The summed E-state index contributed by atoms with van der Waals surface area (Å²) < 4.78 is 10.3. The lowest BCUT2D eigenvalue weighted by Gasteiger charge is -2.15. The summed E-state index contributed by atoms with van der Waals surface area (Å²) >= 11 is 5.90. The van der Waals surface area contributed by atoms with Crippen LogP contribution in [0.5, 0.6) is 5.75 Å². The number of hydrogen-bond acceptors (Lipinski definition) is 4. The number of halogens is 1. The highest BCUT2D eigenvalue weighted by molar-refractivity contribution is 6.31. The van der Waals surface area contributed by atoms with Gasteiger partial charge in [-0.15, -0.1) is 0 Å². The van der Waals surface area contributed by atoms with Gasteiger partial charge < -0.3 is 14.8 Å². The van der Waals surface area contributed by atoms with Crippen LogP contribution in [0.4, 0.5) is 5.69 Å². The maximum absolute atomic E-state index is 12.3. The average molecular weight is 348 g/mol. The van der Waals surface area contributed by atoms with Gasteiger partial charge in [0.15, 0.2) is 6.10 Å². The number of esters is 1. The van der Waals surface area contributed by atoms with Crippen LogP contribution in [0.15, 0.2) is 42.5 Å². The number of carbonyl (C=O) groups excluding carboxylic acids is 2. The van der Waals surface area contributed by atoms with Crippen molar-refractivity contribution in [3.8, 4) is 5.75 Å². The van der Waals surface area contributed by atoms with E-state index < -0.39 is 18.0 Å². The summed E-state index contributed by atoms with van der Waals surface area (Å²) in [5.41, 5.74) is 1.82. The zero-order valence-corrected chi connectivity index (χ0v) is 14.4. The molecular formula is C18H18ClNO4. The molecule has 0 aliphatic heterocycles. The van der Waals surface area contributed by atoms with Gasteiger partial charge in [0.05, 0.1) is 7.11 Å². The number of hydrogen-bond donors (Lipinski definition) is 1. The van der Waals surface area contributed by atoms with Crippen molar-refractivity contribution in [3.05, 3.63) is 58.6 Å². The topological polar surface area (TPSA) is 64.6 Å². The van der Waals surface area contributed by atoms with Gasteiger partial charge in [-0.05, 0) is 49.7 Å². The van der Waals surface area contributed by atoms with Gasteiger partial charge in [0, 0.05) is 10.7 Å². The smallest absolute Gasteiger partial charge is 0.342 e. The molecule has 0 fully saturated rings. The van der Waals surface area contributed by atoms with E-state index in [1.165, 1.54) is 20.1 Å². The number of methoxy groups -OCH3 is 1. The van der Waals surface area contributed by atoms with Gasteiger partial charge in [-0.2, -0.15) is 0 Å². The van der Waals surface area contributed by atoms with E-state index in [4.69, 9.17) is 21.1 Å². The van der Waals surface area contributed by atoms with Gasteiger partial charge >= 0.3 is 5.97 Å². The molecule has 2 aromatic rings. The van der Waals surface area contributed by atoms with Crippen molar-refractivity contribution >= 4 is 29.2 Å². The van der Waals surface area contributed by atoms with Crippen LogP contribution >= 0.6 is 11.6 Å². The van der Waals surface area contributed by atoms with E-state index in [0.29, 0.717) is 16.5 Å². The number of ether oxygens (including phenoxy) is 2. The van der Waals surface area contributed by atoms with Gasteiger partial charge in [0.25, 0.3) is 5.91 Å². The lowest BCUT2D eigenvalue weighted by molar-refractivity contribution is -0.123. The Labute approximate surface area is 145 Å². The molecule has 0 spiro atoms. The second kappa shape index (κ2) is 7.84. The van der Waals surface area contributed by atoms with Crippen LogP contribution in [-0.2, 0) is 9.53 Å². The molecular weight excluding hydrogens is 330 g/mol. The van der Waals surface area contributed by atoms with E-state index in [9.17, 15) is 9.59 Å². The van der Waals surface area contributed by atoms with Gasteiger partial charge in [-0.1, -0.05) is 23.7 Å². The van der Waals surface area contributed by atoms with Crippen LogP contribution in [0.3, 0.4) is 0 Å². The van der Waals surface area contributed by atoms with E-state index >= 15 is 0 Å². The molecule has 2 rings (SSSR count). The van der Waals surface area contributed by atoms with Crippen molar-refractivity contribution in [2.75, 3.05) is 12.4 Å². The Balaban J connectivity index is 2.06. The van der Waals surface area contributed by atoms with E-state index in [2.05, 4.69) is 5.32 Å². The van der Waals surface area contributed by atoms with Crippen molar-refractivity contribution in [2.45, 2.75) is 20.0 Å². The van der Waals surface area contributed by atoms with Crippen molar-refractivity contribution in [1.29, 1.82) is 0 Å². The minimum atomic E-state index is -0.971. The minimum absolute atomic E-state index is 0.167. The number of nitrogens with one attached hydrogen (secondary N) is 1. The van der Waals surface area contributed by atoms with E-state index in [1.807, 2.05) is 25.1 Å². The Kier molecular flexibility index (Phi) is 5.82. The lowest BCUT2D eigenvalue weighted by Crippen LogP contribution is -2.30. The first-order valence-electron chi connectivity index (χ1n) is 7.32. The number of aryl methyl sites for hydroxylation is 1. The molecule has 0 aliphatic rings. The van der Waals surface area contributed by atoms with Crippen LogP contribution < -0.4 is 10.1 Å². The molecule has 0 aliphatic carbocycles. The van der Waals surface area contributed by atoms with Crippen molar-refractivity contribution in [2.24, 2.45) is 0 Å².